The van der Waals surface area contributed by atoms with Gasteiger partial charge in [0, 0.05) is 44.9 Å². The number of nitrogens with zero attached hydrogens (tertiary/aromatic N) is 2. The highest BCUT2D eigenvalue weighted by atomic mass is 16.1. The lowest BCUT2D eigenvalue weighted by atomic mass is 9.92. The highest BCUT2D eigenvalue weighted by molar-refractivity contribution is 5.75. The Morgan fingerprint density at radius 1 is 1.22 bits per heavy atom. The van der Waals surface area contributed by atoms with Crippen LogP contribution in [0.25, 0.3) is 0 Å². The number of carbonyl (C=O) groups is 1. The summed E-state index contributed by atoms with van der Waals surface area (Å²) in [5, 5.41) is 2.95. The molecule has 0 bridgehead atoms. The summed E-state index contributed by atoms with van der Waals surface area (Å²) in [6.45, 7) is 9.18. The molecule has 0 saturated carbocycles. The van der Waals surface area contributed by atoms with Crippen LogP contribution in [0.2, 0.25) is 0 Å². The molecule has 1 aromatic heterocycles. The Bertz CT molecular complexity index is 545. The van der Waals surface area contributed by atoms with Crippen molar-refractivity contribution >= 4 is 5.91 Å². The Morgan fingerprint density at radius 3 is 2.65 bits per heavy atom. The van der Waals surface area contributed by atoms with Crippen molar-refractivity contribution in [1.29, 1.82) is 0 Å². The quantitative estimate of drug-likeness (QED) is 0.779. The summed E-state index contributed by atoms with van der Waals surface area (Å²) in [4.78, 5) is 25.9. The van der Waals surface area contributed by atoms with Gasteiger partial charge in [0.15, 0.2) is 0 Å². The van der Waals surface area contributed by atoms with Crippen molar-refractivity contribution in [2.45, 2.75) is 39.7 Å². The highest BCUT2D eigenvalue weighted by Gasteiger charge is 2.20. The maximum absolute atomic E-state index is 11.8. The number of nitrogens with one attached hydrogen (secondary N) is 1. The summed E-state index contributed by atoms with van der Waals surface area (Å²) in [5.41, 5.74) is -0.0614. The first-order valence-corrected chi connectivity index (χ1v) is 8.69. The smallest absolute Gasteiger partial charge is 0.250 e. The van der Waals surface area contributed by atoms with Gasteiger partial charge in [0.2, 0.25) is 5.91 Å². The summed E-state index contributed by atoms with van der Waals surface area (Å²) in [6, 6.07) is 5.03. The molecule has 1 aromatic rings. The number of likely N-dealkylation sites (tertiary alicyclic amines) is 1. The van der Waals surface area contributed by atoms with Gasteiger partial charge in [0.05, 0.1) is 0 Å². The Balaban J connectivity index is 1.60. The zero-order valence-corrected chi connectivity index (χ0v) is 14.3. The molecule has 1 fully saturated rings. The van der Waals surface area contributed by atoms with Gasteiger partial charge in [-0.2, -0.15) is 0 Å². The standard InChI is InChI=1S/C18H29N3O2/c1-15-12-16(2)14-20(13-15)9-5-8-19-17(22)7-11-21-10-4-3-6-18(21)23/h3-4,6,10,15-16H,5,7-9,11-14H2,1-2H3,(H,19,22). The largest absolute Gasteiger partial charge is 0.356 e. The summed E-state index contributed by atoms with van der Waals surface area (Å²) in [5.74, 6) is 1.57. The average molecular weight is 319 g/mol. The molecule has 2 heterocycles. The number of amides is 1. The monoisotopic (exact) mass is 319 g/mol. The number of piperidine rings is 1. The first-order valence-electron chi connectivity index (χ1n) is 8.69. The Labute approximate surface area is 138 Å². The minimum Gasteiger partial charge on any atom is -0.356 e. The van der Waals surface area contributed by atoms with Crippen LogP contribution in [0, 0.1) is 11.8 Å². The highest BCUT2D eigenvalue weighted by Crippen LogP contribution is 2.20. The summed E-state index contributed by atoms with van der Waals surface area (Å²) in [7, 11) is 0. The molecule has 5 nitrogen and oxygen atoms in total. The molecule has 1 aliphatic rings. The second-order valence-electron chi connectivity index (χ2n) is 6.89. The van der Waals surface area contributed by atoms with Crippen molar-refractivity contribution < 1.29 is 4.79 Å². The van der Waals surface area contributed by atoms with Crippen molar-refractivity contribution in [3.05, 3.63) is 34.7 Å². The summed E-state index contributed by atoms with van der Waals surface area (Å²) < 4.78 is 1.57. The van der Waals surface area contributed by atoms with E-state index in [4.69, 9.17) is 0 Å². The van der Waals surface area contributed by atoms with Gasteiger partial charge in [-0.05, 0) is 37.3 Å². The van der Waals surface area contributed by atoms with Gasteiger partial charge in [-0.3, -0.25) is 9.59 Å². The van der Waals surface area contributed by atoms with Crippen LogP contribution in [0.5, 0.6) is 0 Å². The molecule has 0 radical (unpaired) electrons. The second kappa shape index (κ2) is 8.87. The van der Waals surface area contributed by atoms with E-state index >= 15 is 0 Å². The van der Waals surface area contributed by atoms with E-state index < -0.39 is 0 Å². The van der Waals surface area contributed by atoms with Crippen molar-refractivity contribution in [3.63, 3.8) is 0 Å². The minimum atomic E-state index is -0.0614. The third kappa shape index (κ3) is 6.18. The Hall–Kier alpha value is -1.62. The molecule has 23 heavy (non-hydrogen) atoms. The van der Waals surface area contributed by atoms with Gasteiger partial charge in [0.1, 0.15) is 0 Å². The molecule has 2 unspecified atom stereocenters. The number of hydrogen-bond acceptors (Lipinski definition) is 3. The third-order valence-corrected chi connectivity index (χ3v) is 4.40. The predicted molar refractivity (Wildman–Crippen MR) is 92.3 cm³/mol. The molecule has 5 heteroatoms. The lowest BCUT2D eigenvalue weighted by molar-refractivity contribution is -0.121. The molecule has 0 aromatic carbocycles. The van der Waals surface area contributed by atoms with E-state index in [0.29, 0.717) is 19.5 Å². The molecule has 1 aliphatic heterocycles. The lowest BCUT2D eigenvalue weighted by Gasteiger charge is -2.34. The zero-order valence-electron chi connectivity index (χ0n) is 14.3. The molecule has 1 N–H and O–H groups in total. The van der Waals surface area contributed by atoms with E-state index in [-0.39, 0.29) is 11.5 Å². The number of pyridine rings is 1. The molecule has 128 valence electrons. The van der Waals surface area contributed by atoms with Crippen LogP contribution in [-0.2, 0) is 11.3 Å². The normalized spacial score (nSPS) is 22.0. The minimum absolute atomic E-state index is 0.0149. The summed E-state index contributed by atoms with van der Waals surface area (Å²) >= 11 is 0. The lowest BCUT2D eigenvalue weighted by Crippen LogP contribution is -2.40. The van der Waals surface area contributed by atoms with Crippen molar-refractivity contribution in [2.24, 2.45) is 11.8 Å². The fourth-order valence-corrected chi connectivity index (χ4v) is 3.46. The van der Waals surface area contributed by atoms with Crippen LogP contribution in [0.4, 0.5) is 0 Å². The molecule has 1 amide bonds. The van der Waals surface area contributed by atoms with Gasteiger partial charge in [-0.25, -0.2) is 0 Å². The molecule has 2 rings (SSSR count). The van der Waals surface area contributed by atoms with Crippen LogP contribution in [0.1, 0.15) is 33.1 Å². The van der Waals surface area contributed by atoms with E-state index in [9.17, 15) is 9.59 Å². The molecule has 2 atom stereocenters. The zero-order chi connectivity index (χ0) is 16.7. The van der Waals surface area contributed by atoms with E-state index in [1.54, 1.807) is 22.9 Å². The predicted octanol–water partition coefficient (Wildman–Crippen LogP) is 1.72. The number of carbonyl (C=O) groups excluding carboxylic acids is 1. The maximum atomic E-state index is 11.8. The van der Waals surface area contributed by atoms with Crippen molar-refractivity contribution in [1.82, 2.24) is 14.8 Å². The number of aryl methyl sites for hydroxylation is 1. The maximum Gasteiger partial charge on any atom is 0.250 e. The molecule has 1 saturated heterocycles. The number of hydrogen-bond donors (Lipinski definition) is 1. The molecular formula is C18H29N3O2. The molecule has 0 spiro atoms. The molecular weight excluding hydrogens is 290 g/mol. The van der Waals surface area contributed by atoms with Gasteiger partial charge in [-0.15, -0.1) is 0 Å². The Kier molecular flexibility index (Phi) is 6.84. The van der Waals surface area contributed by atoms with Crippen molar-refractivity contribution in [2.75, 3.05) is 26.2 Å². The van der Waals surface area contributed by atoms with Crippen LogP contribution in [0.15, 0.2) is 29.2 Å². The second-order valence-corrected chi connectivity index (χ2v) is 6.89. The SMILES string of the molecule is CC1CC(C)CN(CCCNC(=O)CCn2ccccc2=O)C1. The van der Waals surface area contributed by atoms with E-state index in [0.717, 1.165) is 24.8 Å². The summed E-state index contributed by atoms with van der Waals surface area (Å²) in [6.07, 6.45) is 4.37. The first kappa shape index (κ1) is 17.7. The Morgan fingerprint density at radius 2 is 1.96 bits per heavy atom. The van der Waals surface area contributed by atoms with Crippen molar-refractivity contribution in [3.8, 4) is 0 Å². The number of aromatic nitrogens is 1. The van der Waals surface area contributed by atoms with E-state index in [1.807, 2.05) is 0 Å². The van der Waals surface area contributed by atoms with Crippen LogP contribution < -0.4 is 10.9 Å². The van der Waals surface area contributed by atoms with Gasteiger partial charge in [0.25, 0.3) is 5.56 Å². The van der Waals surface area contributed by atoms with E-state index in [2.05, 4.69) is 24.1 Å². The fourth-order valence-electron chi connectivity index (χ4n) is 3.46. The fraction of sp³-hybridized carbons (Fsp3) is 0.667. The number of rotatable bonds is 7. The van der Waals surface area contributed by atoms with Gasteiger partial charge in [-0.1, -0.05) is 19.9 Å². The van der Waals surface area contributed by atoms with E-state index in [1.165, 1.54) is 25.6 Å². The van der Waals surface area contributed by atoms with Gasteiger partial charge >= 0.3 is 0 Å². The van der Waals surface area contributed by atoms with Crippen LogP contribution >= 0.6 is 0 Å². The van der Waals surface area contributed by atoms with Gasteiger partial charge < -0.3 is 14.8 Å². The van der Waals surface area contributed by atoms with Crippen LogP contribution in [-0.4, -0.2) is 41.6 Å². The molecule has 0 aliphatic carbocycles. The topological polar surface area (TPSA) is 54.3 Å². The van der Waals surface area contributed by atoms with Crippen LogP contribution in [0.3, 0.4) is 0 Å². The first-order chi connectivity index (χ1) is 11.0. The average Bonchev–Trinajstić information content (AvgIpc) is 2.50. The third-order valence-electron chi connectivity index (χ3n) is 4.40.